The molecule has 0 saturated heterocycles. The minimum atomic E-state index is 0.479. The molecule has 0 saturated carbocycles. The molecule has 0 radical (unpaired) electrons. The van der Waals surface area contributed by atoms with Crippen LogP contribution in [-0.2, 0) is 6.54 Å². The van der Waals surface area contributed by atoms with Crippen LogP contribution in [0.4, 0.5) is 0 Å². The van der Waals surface area contributed by atoms with Gasteiger partial charge in [-0.25, -0.2) is 0 Å². The first-order chi connectivity index (χ1) is 7.27. The third-order valence-electron chi connectivity index (χ3n) is 2.74. The highest BCUT2D eigenvalue weighted by Gasteiger charge is 2.05. The van der Waals surface area contributed by atoms with Crippen molar-refractivity contribution in [2.75, 3.05) is 6.54 Å². The lowest BCUT2D eigenvalue weighted by atomic mass is 10.2. The maximum atomic E-state index is 3.50. The number of rotatable bonds is 7. The van der Waals surface area contributed by atoms with Crippen LogP contribution in [0.1, 0.15) is 51.6 Å². The van der Waals surface area contributed by atoms with E-state index >= 15 is 0 Å². The predicted octanol–water partition coefficient (Wildman–Crippen LogP) is 3.35. The summed E-state index contributed by atoms with van der Waals surface area (Å²) in [5.74, 6) is 0. The van der Waals surface area contributed by atoms with Gasteiger partial charge >= 0.3 is 0 Å². The third kappa shape index (κ3) is 4.08. The van der Waals surface area contributed by atoms with Crippen molar-refractivity contribution in [3.8, 4) is 0 Å². The Morgan fingerprint density at radius 2 is 2.13 bits per heavy atom. The van der Waals surface area contributed by atoms with Crippen molar-refractivity contribution in [2.45, 2.75) is 52.6 Å². The van der Waals surface area contributed by atoms with Gasteiger partial charge in [0.25, 0.3) is 0 Å². The Morgan fingerprint density at radius 3 is 2.80 bits per heavy atom. The maximum Gasteiger partial charge on any atom is 0.0306 e. The Hall–Kier alpha value is -0.760. The van der Waals surface area contributed by atoms with E-state index in [1.165, 1.54) is 24.8 Å². The van der Waals surface area contributed by atoms with Crippen LogP contribution < -0.4 is 5.32 Å². The summed E-state index contributed by atoms with van der Waals surface area (Å²) in [6, 6.07) is 2.70. The van der Waals surface area contributed by atoms with E-state index in [1.807, 2.05) is 0 Å². The number of hydrogen-bond acceptors (Lipinski definition) is 1. The number of nitrogens with zero attached hydrogens (tertiary/aromatic N) is 1. The Balaban J connectivity index is 2.43. The molecule has 2 nitrogen and oxygen atoms in total. The molecule has 86 valence electrons. The van der Waals surface area contributed by atoms with Gasteiger partial charge in [0.15, 0.2) is 0 Å². The monoisotopic (exact) mass is 208 g/mol. The summed E-state index contributed by atoms with van der Waals surface area (Å²) in [4.78, 5) is 0. The van der Waals surface area contributed by atoms with Gasteiger partial charge in [0.1, 0.15) is 0 Å². The van der Waals surface area contributed by atoms with Crippen LogP contribution in [0.5, 0.6) is 0 Å². The van der Waals surface area contributed by atoms with Gasteiger partial charge in [0.05, 0.1) is 0 Å². The SMILES string of the molecule is CCCCn1ccc([C@H](C)NCCC)c1. The van der Waals surface area contributed by atoms with E-state index < -0.39 is 0 Å². The fourth-order valence-corrected chi connectivity index (χ4v) is 1.67. The van der Waals surface area contributed by atoms with Crippen LogP contribution in [0, 0.1) is 0 Å². The Kier molecular flexibility index (Phi) is 5.48. The molecule has 0 aliphatic rings. The van der Waals surface area contributed by atoms with Crippen molar-refractivity contribution in [1.82, 2.24) is 9.88 Å². The fourth-order valence-electron chi connectivity index (χ4n) is 1.67. The molecule has 1 aromatic rings. The molecule has 1 heterocycles. The number of hydrogen-bond donors (Lipinski definition) is 1. The summed E-state index contributed by atoms with van der Waals surface area (Å²) in [5, 5.41) is 3.50. The van der Waals surface area contributed by atoms with Gasteiger partial charge in [-0.3, -0.25) is 0 Å². The lowest BCUT2D eigenvalue weighted by Gasteiger charge is -2.11. The van der Waals surface area contributed by atoms with Gasteiger partial charge in [-0.1, -0.05) is 20.3 Å². The van der Waals surface area contributed by atoms with Crippen molar-refractivity contribution in [3.63, 3.8) is 0 Å². The fraction of sp³-hybridized carbons (Fsp3) is 0.692. The molecule has 1 atom stereocenters. The van der Waals surface area contributed by atoms with Crippen LogP contribution in [-0.4, -0.2) is 11.1 Å². The number of aryl methyl sites for hydroxylation is 1. The lowest BCUT2D eigenvalue weighted by Crippen LogP contribution is -2.18. The van der Waals surface area contributed by atoms with Crippen molar-refractivity contribution < 1.29 is 0 Å². The minimum Gasteiger partial charge on any atom is -0.354 e. The summed E-state index contributed by atoms with van der Waals surface area (Å²) < 4.78 is 2.29. The van der Waals surface area contributed by atoms with E-state index in [9.17, 15) is 0 Å². The van der Waals surface area contributed by atoms with Crippen LogP contribution in [0.25, 0.3) is 0 Å². The van der Waals surface area contributed by atoms with Crippen molar-refractivity contribution in [1.29, 1.82) is 0 Å². The zero-order valence-electron chi connectivity index (χ0n) is 10.3. The zero-order chi connectivity index (χ0) is 11.1. The van der Waals surface area contributed by atoms with Crippen molar-refractivity contribution >= 4 is 0 Å². The van der Waals surface area contributed by atoms with Gasteiger partial charge in [0, 0.05) is 25.0 Å². The van der Waals surface area contributed by atoms with E-state index in [1.54, 1.807) is 0 Å². The van der Waals surface area contributed by atoms with Crippen molar-refractivity contribution in [2.24, 2.45) is 0 Å². The van der Waals surface area contributed by atoms with Gasteiger partial charge < -0.3 is 9.88 Å². The quantitative estimate of drug-likeness (QED) is 0.727. The normalized spacial score (nSPS) is 13.0. The van der Waals surface area contributed by atoms with E-state index in [2.05, 4.69) is 49.1 Å². The molecular formula is C13H24N2. The van der Waals surface area contributed by atoms with Gasteiger partial charge in [-0.05, 0) is 37.9 Å². The molecule has 2 heteroatoms. The molecule has 1 rings (SSSR count). The zero-order valence-corrected chi connectivity index (χ0v) is 10.3. The summed E-state index contributed by atoms with van der Waals surface area (Å²) in [6.45, 7) is 8.91. The van der Waals surface area contributed by atoms with E-state index in [4.69, 9.17) is 0 Å². The summed E-state index contributed by atoms with van der Waals surface area (Å²) >= 11 is 0. The van der Waals surface area contributed by atoms with Crippen molar-refractivity contribution in [3.05, 3.63) is 24.0 Å². The molecule has 0 aromatic carbocycles. The molecule has 0 amide bonds. The van der Waals surface area contributed by atoms with Crippen LogP contribution >= 0.6 is 0 Å². The molecule has 0 spiro atoms. The van der Waals surface area contributed by atoms with Gasteiger partial charge in [-0.2, -0.15) is 0 Å². The highest BCUT2D eigenvalue weighted by molar-refractivity contribution is 5.14. The Labute approximate surface area is 93.7 Å². The first-order valence-corrected chi connectivity index (χ1v) is 6.17. The maximum absolute atomic E-state index is 3.50. The van der Waals surface area contributed by atoms with E-state index in [0.29, 0.717) is 6.04 Å². The topological polar surface area (TPSA) is 17.0 Å². The first kappa shape index (κ1) is 12.3. The highest BCUT2D eigenvalue weighted by Crippen LogP contribution is 2.13. The van der Waals surface area contributed by atoms with Gasteiger partial charge in [-0.15, -0.1) is 0 Å². The smallest absolute Gasteiger partial charge is 0.0306 e. The Morgan fingerprint density at radius 1 is 1.33 bits per heavy atom. The third-order valence-corrected chi connectivity index (χ3v) is 2.74. The largest absolute Gasteiger partial charge is 0.354 e. The van der Waals surface area contributed by atoms with Crippen LogP contribution in [0.3, 0.4) is 0 Å². The molecule has 15 heavy (non-hydrogen) atoms. The molecular weight excluding hydrogens is 184 g/mol. The molecule has 0 bridgehead atoms. The summed E-state index contributed by atoms with van der Waals surface area (Å²) in [6.07, 6.45) is 8.18. The molecule has 0 unspecified atom stereocenters. The van der Waals surface area contributed by atoms with Crippen LogP contribution in [0.15, 0.2) is 18.5 Å². The Bertz CT molecular complexity index is 265. The first-order valence-electron chi connectivity index (χ1n) is 6.17. The molecule has 0 fully saturated rings. The van der Waals surface area contributed by atoms with E-state index in [-0.39, 0.29) is 0 Å². The summed E-state index contributed by atoms with van der Waals surface area (Å²) in [7, 11) is 0. The lowest BCUT2D eigenvalue weighted by molar-refractivity contribution is 0.567. The second kappa shape index (κ2) is 6.67. The number of aromatic nitrogens is 1. The molecule has 0 aliphatic carbocycles. The second-order valence-corrected chi connectivity index (χ2v) is 4.21. The predicted molar refractivity (Wildman–Crippen MR) is 66.0 cm³/mol. The van der Waals surface area contributed by atoms with E-state index in [0.717, 1.165) is 13.1 Å². The standard InChI is InChI=1S/C13H24N2/c1-4-6-9-15-10-7-13(11-15)12(3)14-8-5-2/h7,10-12,14H,4-6,8-9H2,1-3H3/t12-/m0/s1. The second-order valence-electron chi connectivity index (χ2n) is 4.21. The molecule has 1 aromatic heterocycles. The average Bonchev–Trinajstić information content (AvgIpc) is 2.71. The summed E-state index contributed by atoms with van der Waals surface area (Å²) in [5.41, 5.74) is 1.40. The number of unbranched alkanes of at least 4 members (excludes halogenated alkanes) is 1. The minimum absolute atomic E-state index is 0.479. The molecule has 0 aliphatic heterocycles. The van der Waals surface area contributed by atoms with Gasteiger partial charge in [0.2, 0.25) is 0 Å². The van der Waals surface area contributed by atoms with Crippen LogP contribution in [0.2, 0.25) is 0 Å². The average molecular weight is 208 g/mol. The highest BCUT2D eigenvalue weighted by atomic mass is 15.0. The number of nitrogens with one attached hydrogen (secondary N) is 1. The molecule has 1 N–H and O–H groups in total.